The molecule has 1 aromatic heterocycles. The van der Waals surface area contributed by atoms with Gasteiger partial charge in [-0.25, -0.2) is 9.97 Å². The Bertz CT molecular complexity index is 344. The third kappa shape index (κ3) is 4.98. The maximum Gasteiger partial charge on any atom is 0.136 e. The molecule has 0 saturated heterocycles. The monoisotopic (exact) mass is 252 g/mol. The highest BCUT2D eigenvalue weighted by Crippen LogP contribution is 2.14. The summed E-state index contributed by atoms with van der Waals surface area (Å²) in [6.07, 6.45) is 3.72. The number of hydrogen-bond donors (Lipinski definition) is 1. The van der Waals surface area contributed by atoms with Gasteiger partial charge in [-0.15, -0.1) is 0 Å². The minimum absolute atomic E-state index is 0.269. The standard InChI is InChI=1S/C13H24N4O/c1-5-14-8-12-9-15-10-16-13(12)17(4)6-7-18-11(2)3/h9-11,14H,5-8H2,1-4H3. The first-order valence-electron chi connectivity index (χ1n) is 6.47. The van der Waals surface area contributed by atoms with Crippen LogP contribution >= 0.6 is 0 Å². The van der Waals surface area contributed by atoms with Crippen LogP contribution in [0.1, 0.15) is 26.3 Å². The minimum Gasteiger partial charge on any atom is -0.377 e. The van der Waals surface area contributed by atoms with E-state index in [9.17, 15) is 0 Å². The molecule has 0 bridgehead atoms. The molecule has 0 amide bonds. The molecule has 0 aliphatic heterocycles. The fraction of sp³-hybridized carbons (Fsp3) is 0.692. The summed E-state index contributed by atoms with van der Waals surface area (Å²) >= 11 is 0. The Hall–Kier alpha value is -1.20. The summed E-state index contributed by atoms with van der Waals surface area (Å²) in [4.78, 5) is 10.5. The summed E-state index contributed by atoms with van der Waals surface area (Å²) in [5.74, 6) is 0.971. The van der Waals surface area contributed by atoms with Crippen LogP contribution in [0, 0.1) is 0 Å². The largest absolute Gasteiger partial charge is 0.377 e. The number of anilines is 1. The van der Waals surface area contributed by atoms with Crippen LogP contribution in [0.4, 0.5) is 5.82 Å². The van der Waals surface area contributed by atoms with Gasteiger partial charge < -0.3 is 15.0 Å². The number of rotatable bonds is 8. The van der Waals surface area contributed by atoms with Crippen LogP contribution in [-0.2, 0) is 11.3 Å². The van der Waals surface area contributed by atoms with Crippen molar-refractivity contribution < 1.29 is 4.74 Å². The SMILES string of the molecule is CCNCc1cncnc1N(C)CCOC(C)C. The summed E-state index contributed by atoms with van der Waals surface area (Å²) in [6.45, 7) is 9.44. The summed E-state index contributed by atoms with van der Waals surface area (Å²) in [6, 6.07) is 0. The average molecular weight is 252 g/mol. The van der Waals surface area contributed by atoms with Crippen LogP contribution in [0.5, 0.6) is 0 Å². The topological polar surface area (TPSA) is 50.3 Å². The second kappa shape index (κ2) is 8.00. The highest BCUT2D eigenvalue weighted by Gasteiger charge is 2.08. The number of aromatic nitrogens is 2. The van der Waals surface area contributed by atoms with Crippen LogP contribution in [0.3, 0.4) is 0 Å². The predicted molar refractivity (Wildman–Crippen MR) is 73.8 cm³/mol. The van der Waals surface area contributed by atoms with Crippen molar-refractivity contribution in [2.24, 2.45) is 0 Å². The van der Waals surface area contributed by atoms with Gasteiger partial charge in [-0.05, 0) is 20.4 Å². The molecule has 18 heavy (non-hydrogen) atoms. The van der Waals surface area contributed by atoms with E-state index in [-0.39, 0.29) is 6.10 Å². The number of ether oxygens (including phenoxy) is 1. The van der Waals surface area contributed by atoms with E-state index in [0.717, 1.165) is 31.0 Å². The molecule has 0 unspecified atom stereocenters. The second-order valence-electron chi connectivity index (χ2n) is 4.49. The molecule has 0 aromatic carbocycles. The van der Waals surface area contributed by atoms with E-state index in [1.807, 2.05) is 27.1 Å². The molecule has 0 saturated carbocycles. The molecule has 1 heterocycles. The first-order chi connectivity index (χ1) is 8.65. The van der Waals surface area contributed by atoms with Crippen molar-refractivity contribution in [3.05, 3.63) is 18.1 Å². The normalized spacial score (nSPS) is 10.9. The molecule has 1 rings (SSSR count). The van der Waals surface area contributed by atoms with E-state index < -0.39 is 0 Å². The molecule has 0 aliphatic rings. The summed E-state index contributed by atoms with van der Waals surface area (Å²) in [5, 5.41) is 3.30. The molecule has 1 aromatic rings. The fourth-order valence-electron chi connectivity index (χ4n) is 1.61. The lowest BCUT2D eigenvalue weighted by molar-refractivity contribution is 0.0845. The molecule has 5 nitrogen and oxygen atoms in total. The van der Waals surface area contributed by atoms with E-state index in [2.05, 4.69) is 27.1 Å². The van der Waals surface area contributed by atoms with Crippen molar-refractivity contribution in [1.29, 1.82) is 0 Å². The molecular formula is C13H24N4O. The van der Waals surface area contributed by atoms with Gasteiger partial charge in [-0.1, -0.05) is 6.92 Å². The van der Waals surface area contributed by atoms with Gasteiger partial charge in [-0.3, -0.25) is 0 Å². The third-order valence-electron chi connectivity index (χ3n) is 2.57. The Morgan fingerprint density at radius 1 is 1.44 bits per heavy atom. The summed E-state index contributed by atoms with van der Waals surface area (Å²) in [5.41, 5.74) is 1.12. The number of nitrogens with one attached hydrogen (secondary N) is 1. The predicted octanol–water partition coefficient (Wildman–Crippen LogP) is 1.45. The zero-order valence-corrected chi connectivity index (χ0v) is 11.8. The molecule has 0 fully saturated rings. The van der Waals surface area contributed by atoms with Crippen LogP contribution in [0.15, 0.2) is 12.5 Å². The summed E-state index contributed by atoms with van der Waals surface area (Å²) < 4.78 is 5.55. The maximum absolute atomic E-state index is 5.55. The Morgan fingerprint density at radius 2 is 2.22 bits per heavy atom. The molecule has 0 radical (unpaired) electrons. The Labute approximate surface area is 110 Å². The highest BCUT2D eigenvalue weighted by atomic mass is 16.5. The molecule has 0 spiro atoms. The lowest BCUT2D eigenvalue weighted by atomic mass is 10.3. The van der Waals surface area contributed by atoms with Crippen LogP contribution in [0.2, 0.25) is 0 Å². The van der Waals surface area contributed by atoms with E-state index in [1.54, 1.807) is 6.33 Å². The smallest absolute Gasteiger partial charge is 0.136 e. The number of nitrogens with zero attached hydrogens (tertiary/aromatic N) is 3. The molecule has 5 heteroatoms. The fourth-order valence-corrected chi connectivity index (χ4v) is 1.61. The van der Waals surface area contributed by atoms with Crippen LogP contribution < -0.4 is 10.2 Å². The van der Waals surface area contributed by atoms with Crippen molar-refractivity contribution in [2.45, 2.75) is 33.4 Å². The van der Waals surface area contributed by atoms with E-state index >= 15 is 0 Å². The van der Waals surface area contributed by atoms with Gasteiger partial charge in [0.05, 0.1) is 12.7 Å². The zero-order valence-electron chi connectivity index (χ0n) is 11.8. The average Bonchev–Trinajstić information content (AvgIpc) is 2.36. The Balaban J connectivity index is 2.57. The minimum atomic E-state index is 0.269. The lowest BCUT2D eigenvalue weighted by Gasteiger charge is -2.21. The van der Waals surface area contributed by atoms with Crippen molar-refractivity contribution in [2.75, 3.05) is 31.6 Å². The van der Waals surface area contributed by atoms with Crippen molar-refractivity contribution >= 4 is 5.82 Å². The van der Waals surface area contributed by atoms with E-state index in [1.165, 1.54) is 0 Å². The van der Waals surface area contributed by atoms with E-state index in [0.29, 0.717) is 6.61 Å². The van der Waals surface area contributed by atoms with E-state index in [4.69, 9.17) is 4.74 Å². The van der Waals surface area contributed by atoms with Gasteiger partial charge in [0.15, 0.2) is 0 Å². The number of likely N-dealkylation sites (N-methyl/N-ethyl adjacent to an activating group) is 1. The van der Waals surface area contributed by atoms with Crippen LogP contribution in [-0.4, -0.2) is 42.8 Å². The Morgan fingerprint density at radius 3 is 2.89 bits per heavy atom. The third-order valence-corrected chi connectivity index (χ3v) is 2.57. The molecule has 0 atom stereocenters. The highest BCUT2D eigenvalue weighted by molar-refractivity contribution is 5.44. The van der Waals surface area contributed by atoms with Crippen LogP contribution in [0.25, 0.3) is 0 Å². The van der Waals surface area contributed by atoms with Gasteiger partial charge in [-0.2, -0.15) is 0 Å². The quantitative estimate of drug-likeness (QED) is 0.759. The second-order valence-corrected chi connectivity index (χ2v) is 4.49. The first-order valence-corrected chi connectivity index (χ1v) is 6.47. The number of hydrogen-bond acceptors (Lipinski definition) is 5. The lowest BCUT2D eigenvalue weighted by Crippen LogP contribution is -2.27. The van der Waals surface area contributed by atoms with Gasteiger partial charge in [0.2, 0.25) is 0 Å². The maximum atomic E-state index is 5.55. The Kier molecular flexibility index (Phi) is 6.60. The summed E-state index contributed by atoms with van der Waals surface area (Å²) in [7, 11) is 2.03. The van der Waals surface area contributed by atoms with Crippen molar-refractivity contribution in [1.82, 2.24) is 15.3 Å². The molecule has 1 N–H and O–H groups in total. The molecule has 0 aliphatic carbocycles. The molecular weight excluding hydrogens is 228 g/mol. The van der Waals surface area contributed by atoms with Gasteiger partial charge in [0.25, 0.3) is 0 Å². The zero-order chi connectivity index (χ0) is 13.4. The molecule has 102 valence electrons. The first kappa shape index (κ1) is 14.9. The van der Waals surface area contributed by atoms with Crippen molar-refractivity contribution in [3.8, 4) is 0 Å². The van der Waals surface area contributed by atoms with Crippen molar-refractivity contribution in [3.63, 3.8) is 0 Å². The van der Waals surface area contributed by atoms with Gasteiger partial charge in [0.1, 0.15) is 12.1 Å². The van der Waals surface area contributed by atoms with Gasteiger partial charge >= 0.3 is 0 Å². The van der Waals surface area contributed by atoms with Gasteiger partial charge in [0, 0.05) is 31.9 Å².